The van der Waals surface area contributed by atoms with Crippen molar-refractivity contribution in [2.75, 3.05) is 0 Å². The third kappa shape index (κ3) is 2.08. The molecule has 1 aliphatic heterocycles. The Morgan fingerprint density at radius 3 is 2.75 bits per heavy atom. The van der Waals surface area contributed by atoms with Gasteiger partial charge < -0.3 is 5.73 Å². The molecule has 1 aromatic carbocycles. The summed E-state index contributed by atoms with van der Waals surface area (Å²) in [6, 6.07) is 6.38. The number of likely N-dealkylation sites (tertiary alicyclic amines) is 1. The molecule has 5 heteroatoms. The molecule has 0 aliphatic carbocycles. The molecule has 16 heavy (non-hydrogen) atoms. The number of carbonyl (C=O) groups is 2. The van der Waals surface area contributed by atoms with Crippen LogP contribution in [0.2, 0.25) is 5.02 Å². The minimum atomic E-state index is -0.688. The van der Waals surface area contributed by atoms with Crippen LogP contribution in [0.15, 0.2) is 24.3 Å². The molecule has 1 aromatic rings. The molecule has 1 unspecified atom stereocenters. The first-order valence-corrected chi connectivity index (χ1v) is 5.30. The van der Waals surface area contributed by atoms with Gasteiger partial charge in [-0.1, -0.05) is 23.7 Å². The molecule has 0 aromatic heterocycles. The van der Waals surface area contributed by atoms with E-state index >= 15 is 0 Å². The predicted molar refractivity (Wildman–Crippen MR) is 59.6 cm³/mol. The van der Waals surface area contributed by atoms with Gasteiger partial charge in [-0.2, -0.15) is 0 Å². The van der Waals surface area contributed by atoms with Crippen molar-refractivity contribution in [1.29, 1.82) is 0 Å². The standard InChI is InChI=1S/C11H11ClN2O2/c12-8-3-1-2-7(4-8)6-14-10(15)5-9(13)11(14)16/h1-4,9H,5-6,13H2. The fourth-order valence-corrected chi connectivity index (χ4v) is 1.91. The van der Waals surface area contributed by atoms with E-state index in [1.807, 2.05) is 6.07 Å². The molecule has 2 N–H and O–H groups in total. The summed E-state index contributed by atoms with van der Waals surface area (Å²) in [6.45, 7) is 0.242. The smallest absolute Gasteiger partial charge is 0.246 e. The van der Waals surface area contributed by atoms with Crippen LogP contribution in [-0.4, -0.2) is 22.8 Å². The van der Waals surface area contributed by atoms with Crippen LogP contribution in [0.25, 0.3) is 0 Å². The summed E-state index contributed by atoms with van der Waals surface area (Å²) in [7, 11) is 0. The number of imide groups is 1. The Morgan fingerprint density at radius 2 is 2.19 bits per heavy atom. The van der Waals surface area contributed by atoms with E-state index in [1.165, 1.54) is 4.90 Å². The number of hydrogen-bond acceptors (Lipinski definition) is 3. The molecule has 0 spiro atoms. The highest BCUT2D eigenvalue weighted by atomic mass is 35.5. The van der Waals surface area contributed by atoms with Crippen molar-refractivity contribution in [3.8, 4) is 0 Å². The summed E-state index contributed by atoms with van der Waals surface area (Å²) in [6.07, 6.45) is 0.0966. The number of benzene rings is 1. The largest absolute Gasteiger partial charge is 0.319 e. The molecular weight excluding hydrogens is 228 g/mol. The van der Waals surface area contributed by atoms with Gasteiger partial charge in [0.25, 0.3) is 0 Å². The van der Waals surface area contributed by atoms with Crippen LogP contribution in [0, 0.1) is 0 Å². The van der Waals surface area contributed by atoms with Crippen LogP contribution >= 0.6 is 11.6 Å². The van der Waals surface area contributed by atoms with Gasteiger partial charge in [0.1, 0.15) is 0 Å². The van der Waals surface area contributed by atoms with E-state index in [0.717, 1.165) is 5.56 Å². The van der Waals surface area contributed by atoms with Gasteiger partial charge in [0.05, 0.1) is 19.0 Å². The van der Waals surface area contributed by atoms with E-state index in [0.29, 0.717) is 5.02 Å². The monoisotopic (exact) mass is 238 g/mol. The Hall–Kier alpha value is -1.39. The summed E-state index contributed by atoms with van der Waals surface area (Å²) >= 11 is 5.82. The first-order valence-electron chi connectivity index (χ1n) is 4.92. The first-order chi connectivity index (χ1) is 7.58. The van der Waals surface area contributed by atoms with Crippen LogP contribution in [-0.2, 0) is 16.1 Å². The van der Waals surface area contributed by atoms with Crippen LogP contribution in [0.4, 0.5) is 0 Å². The minimum Gasteiger partial charge on any atom is -0.319 e. The quantitative estimate of drug-likeness (QED) is 0.780. The Morgan fingerprint density at radius 1 is 1.44 bits per heavy atom. The van der Waals surface area contributed by atoms with E-state index in [4.69, 9.17) is 17.3 Å². The summed E-state index contributed by atoms with van der Waals surface area (Å²) in [4.78, 5) is 24.2. The van der Waals surface area contributed by atoms with Crippen LogP contribution in [0.5, 0.6) is 0 Å². The molecule has 1 fully saturated rings. The predicted octanol–water partition coefficient (Wildman–Crippen LogP) is 0.926. The maximum Gasteiger partial charge on any atom is 0.246 e. The molecular formula is C11H11ClN2O2. The number of amides is 2. The van der Waals surface area contributed by atoms with Gasteiger partial charge in [0.15, 0.2) is 0 Å². The third-order valence-electron chi connectivity index (χ3n) is 2.51. The van der Waals surface area contributed by atoms with Crippen molar-refractivity contribution in [2.45, 2.75) is 19.0 Å². The second-order valence-electron chi connectivity index (χ2n) is 3.76. The number of carbonyl (C=O) groups excluding carboxylic acids is 2. The van der Waals surface area contributed by atoms with Crippen molar-refractivity contribution < 1.29 is 9.59 Å². The number of rotatable bonds is 2. The zero-order chi connectivity index (χ0) is 11.7. The minimum absolute atomic E-state index is 0.0966. The van der Waals surface area contributed by atoms with Gasteiger partial charge in [-0.05, 0) is 17.7 Å². The van der Waals surface area contributed by atoms with E-state index in [9.17, 15) is 9.59 Å². The van der Waals surface area contributed by atoms with Crippen molar-refractivity contribution in [1.82, 2.24) is 4.90 Å². The van der Waals surface area contributed by atoms with Gasteiger partial charge in [-0.25, -0.2) is 0 Å². The first kappa shape index (κ1) is 11.1. The zero-order valence-corrected chi connectivity index (χ0v) is 9.28. The highest BCUT2D eigenvalue weighted by Crippen LogP contribution is 2.17. The van der Waals surface area contributed by atoms with E-state index in [1.54, 1.807) is 18.2 Å². The third-order valence-corrected chi connectivity index (χ3v) is 2.74. The maximum atomic E-state index is 11.6. The number of halogens is 1. The zero-order valence-electron chi connectivity index (χ0n) is 8.52. The summed E-state index contributed by atoms with van der Waals surface area (Å²) in [5.41, 5.74) is 6.33. The van der Waals surface area contributed by atoms with Crippen molar-refractivity contribution in [3.63, 3.8) is 0 Å². The van der Waals surface area contributed by atoms with Gasteiger partial charge in [0.2, 0.25) is 11.8 Å². The molecule has 1 heterocycles. The molecule has 1 aliphatic rings. The van der Waals surface area contributed by atoms with Gasteiger partial charge in [-0.15, -0.1) is 0 Å². The summed E-state index contributed by atoms with van der Waals surface area (Å²) in [5.74, 6) is -0.539. The Bertz CT molecular complexity index is 447. The van der Waals surface area contributed by atoms with Crippen LogP contribution in [0.3, 0.4) is 0 Å². The number of hydrogen-bond donors (Lipinski definition) is 1. The van der Waals surface area contributed by atoms with Crippen LogP contribution in [0.1, 0.15) is 12.0 Å². The highest BCUT2D eigenvalue weighted by Gasteiger charge is 2.35. The lowest BCUT2D eigenvalue weighted by atomic mass is 10.2. The number of nitrogens with two attached hydrogens (primary N) is 1. The fraction of sp³-hybridized carbons (Fsp3) is 0.273. The molecule has 1 saturated heterocycles. The average Bonchev–Trinajstić information content (AvgIpc) is 2.45. The Labute approximate surface area is 98.0 Å². The van der Waals surface area contributed by atoms with Crippen molar-refractivity contribution in [2.24, 2.45) is 5.73 Å². The van der Waals surface area contributed by atoms with Crippen molar-refractivity contribution in [3.05, 3.63) is 34.9 Å². The van der Waals surface area contributed by atoms with Gasteiger partial charge >= 0.3 is 0 Å². The lowest BCUT2D eigenvalue weighted by molar-refractivity contribution is -0.139. The van der Waals surface area contributed by atoms with E-state index in [2.05, 4.69) is 0 Å². The summed E-state index contributed by atoms with van der Waals surface area (Å²) < 4.78 is 0. The normalized spacial score (nSPS) is 20.6. The lowest BCUT2D eigenvalue weighted by Gasteiger charge is -2.14. The second-order valence-corrected chi connectivity index (χ2v) is 4.20. The fourth-order valence-electron chi connectivity index (χ4n) is 1.69. The van der Waals surface area contributed by atoms with Crippen molar-refractivity contribution >= 4 is 23.4 Å². The SMILES string of the molecule is NC1CC(=O)N(Cc2cccc(Cl)c2)C1=O. The lowest BCUT2D eigenvalue weighted by Crippen LogP contribution is -2.34. The van der Waals surface area contributed by atoms with Gasteiger partial charge in [0, 0.05) is 5.02 Å². The molecule has 0 bridgehead atoms. The van der Waals surface area contributed by atoms with E-state index in [-0.39, 0.29) is 24.8 Å². The average molecular weight is 239 g/mol. The Balaban J connectivity index is 2.16. The molecule has 4 nitrogen and oxygen atoms in total. The topological polar surface area (TPSA) is 63.4 Å². The molecule has 1 atom stereocenters. The molecule has 2 amide bonds. The van der Waals surface area contributed by atoms with E-state index < -0.39 is 6.04 Å². The number of nitrogens with zero attached hydrogens (tertiary/aromatic N) is 1. The van der Waals surface area contributed by atoms with Gasteiger partial charge in [-0.3, -0.25) is 14.5 Å². The summed E-state index contributed by atoms with van der Waals surface area (Å²) in [5, 5.41) is 0.584. The second kappa shape index (κ2) is 4.23. The van der Waals surface area contributed by atoms with Crippen LogP contribution < -0.4 is 5.73 Å². The Kier molecular flexibility index (Phi) is 2.94. The molecule has 0 radical (unpaired) electrons. The molecule has 0 saturated carbocycles. The maximum absolute atomic E-state index is 11.6. The molecule has 2 rings (SSSR count). The molecule has 84 valence electrons. The highest BCUT2D eigenvalue weighted by molar-refractivity contribution is 6.30.